The molecule has 1 N–H and O–H groups in total. The molecule has 1 heterocycles. The summed E-state index contributed by atoms with van der Waals surface area (Å²) in [5.41, 5.74) is 2.47. The van der Waals surface area contributed by atoms with Crippen molar-refractivity contribution in [3.63, 3.8) is 0 Å². The highest BCUT2D eigenvalue weighted by Gasteiger charge is 2.14. The molecule has 0 aliphatic carbocycles. The number of aryl methyl sites for hydroxylation is 1. The molecule has 0 bridgehead atoms. The van der Waals surface area contributed by atoms with Gasteiger partial charge in [-0.15, -0.1) is 0 Å². The second kappa shape index (κ2) is 5.77. The van der Waals surface area contributed by atoms with E-state index in [1.165, 1.54) is 0 Å². The van der Waals surface area contributed by atoms with Gasteiger partial charge in [0.05, 0.1) is 10.4 Å². The van der Waals surface area contributed by atoms with E-state index in [9.17, 15) is 8.42 Å². The molecule has 22 heavy (non-hydrogen) atoms. The number of fused-ring (bicyclic) bond motifs is 1. The molecule has 0 amide bonds. The van der Waals surface area contributed by atoms with Gasteiger partial charge in [0.2, 0.25) is 0 Å². The molecule has 2 aromatic carbocycles. The summed E-state index contributed by atoms with van der Waals surface area (Å²) < 4.78 is 27.4. The third-order valence-electron chi connectivity index (χ3n) is 3.50. The van der Waals surface area contributed by atoms with Crippen LogP contribution in [0.1, 0.15) is 12.5 Å². The number of hydrogen-bond donors (Lipinski definition) is 1. The van der Waals surface area contributed by atoms with E-state index in [4.69, 9.17) is 0 Å². The first-order valence-electron chi connectivity index (χ1n) is 7.05. The lowest BCUT2D eigenvalue weighted by Gasteiger charge is -2.09. The molecule has 0 spiro atoms. The van der Waals surface area contributed by atoms with E-state index in [1.54, 1.807) is 36.5 Å². The Labute approximate surface area is 129 Å². The molecule has 112 valence electrons. The Morgan fingerprint density at radius 3 is 2.55 bits per heavy atom. The van der Waals surface area contributed by atoms with E-state index in [0.717, 1.165) is 22.9 Å². The normalized spacial score (nSPS) is 11.5. The maximum atomic E-state index is 12.4. The van der Waals surface area contributed by atoms with Crippen molar-refractivity contribution in [1.82, 2.24) is 4.98 Å². The predicted octanol–water partition coefficient (Wildman–Crippen LogP) is 3.60. The van der Waals surface area contributed by atoms with Crippen LogP contribution in [-0.4, -0.2) is 13.4 Å². The highest BCUT2D eigenvalue weighted by molar-refractivity contribution is 7.92. The third-order valence-corrected chi connectivity index (χ3v) is 4.89. The van der Waals surface area contributed by atoms with Crippen LogP contribution < -0.4 is 4.72 Å². The zero-order chi connectivity index (χ0) is 15.6. The number of rotatable bonds is 4. The topological polar surface area (TPSA) is 59.1 Å². The standard InChI is InChI=1S/C17H16N2O2S/c1-2-13-5-8-16(9-6-13)22(20,21)19-15-7-10-17-14(12-15)4-3-11-18-17/h3-12,19H,2H2,1H3. The zero-order valence-electron chi connectivity index (χ0n) is 12.2. The Morgan fingerprint density at radius 1 is 1.05 bits per heavy atom. The van der Waals surface area contributed by atoms with Crippen LogP contribution in [0.25, 0.3) is 10.9 Å². The Hall–Kier alpha value is -2.40. The molecule has 0 atom stereocenters. The van der Waals surface area contributed by atoms with E-state index < -0.39 is 10.0 Å². The summed E-state index contributed by atoms with van der Waals surface area (Å²) in [6, 6.07) is 15.9. The van der Waals surface area contributed by atoms with Crippen LogP contribution in [0.4, 0.5) is 5.69 Å². The van der Waals surface area contributed by atoms with Crippen molar-refractivity contribution < 1.29 is 8.42 Å². The summed E-state index contributed by atoms with van der Waals surface area (Å²) in [6.45, 7) is 2.03. The molecule has 4 nitrogen and oxygen atoms in total. The van der Waals surface area contributed by atoms with Crippen LogP contribution in [0.5, 0.6) is 0 Å². The van der Waals surface area contributed by atoms with Crippen LogP contribution in [0.2, 0.25) is 0 Å². The number of hydrogen-bond acceptors (Lipinski definition) is 3. The molecule has 3 aromatic rings. The number of sulfonamides is 1. The van der Waals surface area contributed by atoms with Crippen molar-refractivity contribution in [2.75, 3.05) is 4.72 Å². The number of nitrogens with one attached hydrogen (secondary N) is 1. The minimum atomic E-state index is -3.58. The third kappa shape index (κ3) is 2.94. The Balaban J connectivity index is 1.91. The monoisotopic (exact) mass is 312 g/mol. The van der Waals surface area contributed by atoms with Gasteiger partial charge in [0, 0.05) is 17.3 Å². The minimum absolute atomic E-state index is 0.260. The van der Waals surface area contributed by atoms with Gasteiger partial charge in [0.1, 0.15) is 0 Å². The molecular formula is C17H16N2O2S. The van der Waals surface area contributed by atoms with Gasteiger partial charge >= 0.3 is 0 Å². The molecule has 0 saturated carbocycles. The molecule has 0 radical (unpaired) electrons. The summed E-state index contributed by atoms with van der Waals surface area (Å²) >= 11 is 0. The molecule has 5 heteroatoms. The minimum Gasteiger partial charge on any atom is -0.280 e. The number of nitrogens with zero attached hydrogens (tertiary/aromatic N) is 1. The largest absolute Gasteiger partial charge is 0.280 e. The van der Waals surface area contributed by atoms with E-state index in [2.05, 4.69) is 9.71 Å². The van der Waals surface area contributed by atoms with Gasteiger partial charge in [-0.3, -0.25) is 9.71 Å². The number of pyridine rings is 1. The lowest BCUT2D eigenvalue weighted by atomic mass is 10.2. The van der Waals surface area contributed by atoms with Crippen molar-refractivity contribution in [2.24, 2.45) is 0 Å². The molecule has 0 saturated heterocycles. The van der Waals surface area contributed by atoms with Crippen molar-refractivity contribution in [3.8, 4) is 0 Å². The van der Waals surface area contributed by atoms with Gasteiger partial charge in [0.25, 0.3) is 10.0 Å². The molecule has 0 unspecified atom stereocenters. The highest BCUT2D eigenvalue weighted by Crippen LogP contribution is 2.20. The fourth-order valence-corrected chi connectivity index (χ4v) is 3.31. The molecule has 1 aromatic heterocycles. The number of anilines is 1. The molecule has 3 rings (SSSR count). The number of aromatic nitrogens is 1. The first-order valence-corrected chi connectivity index (χ1v) is 8.53. The van der Waals surface area contributed by atoms with Crippen molar-refractivity contribution in [3.05, 3.63) is 66.4 Å². The van der Waals surface area contributed by atoms with Gasteiger partial charge in [0.15, 0.2) is 0 Å². The maximum absolute atomic E-state index is 12.4. The summed E-state index contributed by atoms with van der Waals surface area (Å²) in [7, 11) is -3.58. The summed E-state index contributed by atoms with van der Waals surface area (Å²) in [5, 5.41) is 0.893. The SMILES string of the molecule is CCc1ccc(S(=O)(=O)Nc2ccc3ncccc3c2)cc1. The van der Waals surface area contributed by atoms with Crippen molar-refractivity contribution in [2.45, 2.75) is 18.2 Å². The summed E-state index contributed by atoms with van der Waals surface area (Å²) in [4.78, 5) is 4.48. The van der Waals surface area contributed by atoms with E-state index in [-0.39, 0.29) is 4.90 Å². The maximum Gasteiger partial charge on any atom is 0.261 e. The molecule has 0 aliphatic heterocycles. The van der Waals surface area contributed by atoms with E-state index in [0.29, 0.717) is 5.69 Å². The Morgan fingerprint density at radius 2 is 1.82 bits per heavy atom. The van der Waals surface area contributed by atoms with E-state index >= 15 is 0 Å². The predicted molar refractivity (Wildman–Crippen MR) is 88.4 cm³/mol. The van der Waals surface area contributed by atoms with Crippen LogP contribution >= 0.6 is 0 Å². The van der Waals surface area contributed by atoms with Gasteiger partial charge in [-0.2, -0.15) is 0 Å². The van der Waals surface area contributed by atoms with Crippen molar-refractivity contribution in [1.29, 1.82) is 0 Å². The summed E-state index contributed by atoms with van der Waals surface area (Å²) in [5.74, 6) is 0. The Kier molecular flexibility index (Phi) is 3.81. The van der Waals surface area contributed by atoms with Gasteiger partial charge in [-0.05, 0) is 48.4 Å². The van der Waals surface area contributed by atoms with Gasteiger partial charge < -0.3 is 0 Å². The quantitative estimate of drug-likeness (QED) is 0.801. The van der Waals surface area contributed by atoms with Gasteiger partial charge in [-0.25, -0.2) is 8.42 Å². The first kappa shape index (κ1) is 14.5. The smallest absolute Gasteiger partial charge is 0.261 e. The second-order valence-corrected chi connectivity index (χ2v) is 6.70. The lowest BCUT2D eigenvalue weighted by Crippen LogP contribution is -2.12. The molecule has 0 aliphatic rings. The zero-order valence-corrected chi connectivity index (χ0v) is 13.0. The number of benzene rings is 2. The lowest BCUT2D eigenvalue weighted by molar-refractivity contribution is 0.601. The van der Waals surface area contributed by atoms with Crippen molar-refractivity contribution >= 4 is 26.6 Å². The second-order valence-electron chi connectivity index (χ2n) is 5.01. The van der Waals surface area contributed by atoms with Crippen LogP contribution in [0.3, 0.4) is 0 Å². The average Bonchev–Trinajstić information content (AvgIpc) is 2.54. The van der Waals surface area contributed by atoms with E-state index in [1.807, 2.05) is 31.2 Å². The fraction of sp³-hybridized carbons (Fsp3) is 0.118. The first-order chi connectivity index (χ1) is 10.6. The van der Waals surface area contributed by atoms with Crippen LogP contribution in [0.15, 0.2) is 65.7 Å². The molecule has 0 fully saturated rings. The van der Waals surface area contributed by atoms with Crippen LogP contribution in [-0.2, 0) is 16.4 Å². The fourth-order valence-electron chi connectivity index (χ4n) is 2.26. The average molecular weight is 312 g/mol. The highest BCUT2D eigenvalue weighted by atomic mass is 32.2. The molecular weight excluding hydrogens is 296 g/mol. The Bertz CT molecular complexity index is 903. The summed E-state index contributed by atoms with van der Waals surface area (Å²) in [6.07, 6.45) is 2.59. The van der Waals surface area contributed by atoms with Gasteiger partial charge in [-0.1, -0.05) is 25.1 Å². The van der Waals surface area contributed by atoms with Crippen LogP contribution in [0, 0.1) is 0 Å².